The monoisotopic (exact) mass is 271 g/mol. The molecule has 2 aliphatic rings. The van der Waals surface area contributed by atoms with E-state index in [-0.39, 0.29) is 18.0 Å². The van der Waals surface area contributed by atoms with Crippen LogP contribution in [-0.4, -0.2) is 54.5 Å². The van der Waals surface area contributed by atoms with Gasteiger partial charge in [0, 0.05) is 19.1 Å². The number of hydrogen-bond acceptors (Lipinski definition) is 4. The van der Waals surface area contributed by atoms with Crippen molar-refractivity contribution in [1.29, 1.82) is 0 Å². The molecule has 2 atom stereocenters. The number of nitrogens with zero attached hydrogens (tertiary/aromatic N) is 1. The minimum atomic E-state index is -0.764. The van der Waals surface area contributed by atoms with Gasteiger partial charge < -0.3 is 15.2 Å². The molecule has 19 heavy (non-hydrogen) atoms. The number of nitrogens with one attached hydrogen (secondary N) is 2. The number of aliphatic carboxylic acids is 1. The van der Waals surface area contributed by atoms with Gasteiger partial charge in [0.2, 0.25) is 0 Å². The molecule has 1 aliphatic heterocycles. The van der Waals surface area contributed by atoms with Crippen molar-refractivity contribution in [2.24, 2.45) is 5.92 Å². The van der Waals surface area contributed by atoms with Gasteiger partial charge in [-0.1, -0.05) is 6.42 Å². The van der Waals surface area contributed by atoms with Gasteiger partial charge in [-0.3, -0.25) is 10.2 Å². The molecule has 2 amide bonds. The number of carbonyl (C=O) groups is 2. The Kier molecular flexibility index (Phi) is 4.98. The summed E-state index contributed by atoms with van der Waals surface area (Å²) in [6.45, 7) is 2.58. The van der Waals surface area contributed by atoms with Crippen molar-refractivity contribution < 1.29 is 19.4 Å². The van der Waals surface area contributed by atoms with Crippen LogP contribution in [0.4, 0.5) is 4.79 Å². The van der Waals surface area contributed by atoms with Crippen molar-refractivity contribution in [3.8, 4) is 0 Å². The Hall–Kier alpha value is -1.34. The summed E-state index contributed by atoms with van der Waals surface area (Å²) in [5.74, 6) is -1.09. The number of ether oxygens (including phenoxy) is 1. The Labute approximate surface area is 112 Å². The standard InChI is InChI=1S/C12H21N3O4/c16-11(17)9-2-1-3-10(8-9)13-12(18)14-15-4-6-19-7-5-15/h9-10H,1-8H2,(H,16,17)(H2,13,14,18). The van der Waals surface area contributed by atoms with Gasteiger partial charge in [0.15, 0.2) is 0 Å². The number of hydrogen-bond donors (Lipinski definition) is 3. The summed E-state index contributed by atoms with van der Waals surface area (Å²) >= 11 is 0. The number of carbonyl (C=O) groups excluding carboxylic acids is 1. The Morgan fingerprint density at radius 2 is 1.95 bits per heavy atom. The highest BCUT2D eigenvalue weighted by molar-refractivity contribution is 5.74. The highest BCUT2D eigenvalue weighted by Crippen LogP contribution is 2.24. The van der Waals surface area contributed by atoms with Crippen LogP contribution in [0.15, 0.2) is 0 Å². The van der Waals surface area contributed by atoms with E-state index in [9.17, 15) is 9.59 Å². The van der Waals surface area contributed by atoms with E-state index in [4.69, 9.17) is 9.84 Å². The summed E-state index contributed by atoms with van der Waals surface area (Å²) in [6, 6.07) is -0.297. The van der Waals surface area contributed by atoms with Crippen LogP contribution in [0.5, 0.6) is 0 Å². The number of amides is 2. The van der Waals surface area contributed by atoms with Crippen LogP contribution in [0.2, 0.25) is 0 Å². The fraction of sp³-hybridized carbons (Fsp3) is 0.833. The molecule has 2 rings (SSSR count). The molecule has 0 bridgehead atoms. The number of morpholine rings is 1. The van der Waals surface area contributed by atoms with Crippen molar-refractivity contribution in [3.05, 3.63) is 0 Å². The highest BCUT2D eigenvalue weighted by Gasteiger charge is 2.28. The van der Waals surface area contributed by atoms with Crippen LogP contribution in [0.25, 0.3) is 0 Å². The summed E-state index contributed by atoms with van der Waals surface area (Å²) in [6.07, 6.45) is 2.92. The number of rotatable bonds is 3. The van der Waals surface area contributed by atoms with Gasteiger partial charge in [-0.2, -0.15) is 0 Å². The largest absolute Gasteiger partial charge is 0.481 e. The summed E-state index contributed by atoms with van der Waals surface area (Å²) in [4.78, 5) is 22.8. The molecule has 1 aliphatic carbocycles. The number of hydrazine groups is 1. The molecule has 0 aromatic rings. The van der Waals surface area contributed by atoms with Gasteiger partial charge in [0.05, 0.1) is 19.1 Å². The number of carboxylic acids is 1. The molecular weight excluding hydrogens is 250 g/mol. The van der Waals surface area contributed by atoms with Crippen LogP contribution in [0.1, 0.15) is 25.7 Å². The van der Waals surface area contributed by atoms with Crippen molar-refractivity contribution >= 4 is 12.0 Å². The van der Waals surface area contributed by atoms with Gasteiger partial charge in [0.1, 0.15) is 0 Å². The third kappa shape index (κ3) is 4.36. The van der Waals surface area contributed by atoms with Crippen LogP contribution in [0, 0.1) is 5.92 Å². The van der Waals surface area contributed by atoms with Gasteiger partial charge in [-0.05, 0) is 19.3 Å². The fourth-order valence-corrected chi connectivity index (χ4v) is 2.58. The van der Waals surface area contributed by atoms with Crippen LogP contribution in [0.3, 0.4) is 0 Å². The lowest BCUT2D eigenvalue weighted by Gasteiger charge is -2.30. The zero-order valence-corrected chi connectivity index (χ0v) is 10.9. The molecule has 1 heterocycles. The van der Waals surface area contributed by atoms with Gasteiger partial charge in [0.25, 0.3) is 0 Å². The molecule has 0 spiro atoms. The molecule has 7 nitrogen and oxygen atoms in total. The number of urea groups is 1. The molecule has 2 unspecified atom stereocenters. The summed E-state index contributed by atoms with van der Waals surface area (Å²) in [7, 11) is 0. The predicted molar refractivity (Wildman–Crippen MR) is 67.4 cm³/mol. The van der Waals surface area contributed by atoms with Crippen molar-refractivity contribution in [1.82, 2.24) is 15.8 Å². The molecule has 0 aromatic carbocycles. The first-order valence-electron chi connectivity index (χ1n) is 6.78. The first-order chi connectivity index (χ1) is 9.15. The predicted octanol–water partition coefficient (Wildman–Crippen LogP) is 0.176. The second kappa shape index (κ2) is 6.72. The molecule has 0 aromatic heterocycles. The zero-order chi connectivity index (χ0) is 13.7. The van der Waals surface area contributed by atoms with Crippen LogP contribution in [-0.2, 0) is 9.53 Å². The lowest BCUT2D eigenvalue weighted by atomic mass is 9.86. The maximum absolute atomic E-state index is 11.8. The second-order valence-corrected chi connectivity index (χ2v) is 5.08. The maximum atomic E-state index is 11.8. The topological polar surface area (TPSA) is 90.9 Å². The molecule has 7 heteroatoms. The van der Waals surface area contributed by atoms with Gasteiger partial charge in [-0.25, -0.2) is 9.80 Å². The molecule has 1 saturated heterocycles. The molecular formula is C12H21N3O4. The summed E-state index contributed by atoms with van der Waals surface area (Å²) in [5, 5.41) is 13.7. The maximum Gasteiger partial charge on any atom is 0.329 e. The van der Waals surface area contributed by atoms with E-state index >= 15 is 0 Å². The van der Waals surface area contributed by atoms with E-state index in [2.05, 4.69) is 10.7 Å². The lowest BCUT2D eigenvalue weighted by Crippen LogP contribution is -2.54. The van der Waals surface area contributed by atoms with Crippen molar-refractivity contribution in [3.63, 3.8) is 0 Å². The third-order valence-corrected chi connectivity index (χ3v) is 3.63. The summed E-state index contributed by atoms with van der Waals surface area (Å²) in [5.41, 5.74) is 2.77. The minimum Gasteiger partial charge on any atom is -0.481 e. The Balaban J connectivity index is 1.73. The Bertz CT molecular complexity index is 331. The molecule has 108 valence electrons. The van der Waals surface area contributed by atoms with E-state index in [1.807, 2.05) is 5.01 Å². The Morgan fingerprint density at radius 1 is 1.21 bits per heavy atom. The average Bonchev–Trinajstić information content (AvgIpc) is 2.40. The SMILES string of the molecule is O=C(NC1CCCC(C(=O)O)C1)NN1CCOCC1. The highest BCUT2D eigenvalue weighted by atomic mass is 16.5. The van der Waals surface area contributed by atoms with Crippen molar-refractivity contribution in [2.75, 3.05) is 26.3 Å². The van der Waals surface area contributed by atoms with Crippen LogP contribution >= 0.6 is 0 Å². The fourth-order valence-electron chi connectivity index (χ4n) is 2.58. The van der Waals surface area contributed by atoms with Gasteiger partial charge >= 0.3 is 12.0 Å². The minimum absolute atomic E-state index is 0.0455. The third-order valence-electron chi connectivity index (χ3n) is 3.63. The first-order valence-corrected chi connectivity index (χ1v) is 6.78. The zero-order valence-electron chi connectivity index (χ0n) is 10.9. The van der Waals surface area contributed by atoms with E-state index in [1.54, 1.807) is 0 Å². The molecule has 1 saturated carbocycles. The molecule has 2 fully saturated rings. The lowest BCUT2D eigenvalue weighted by molar-refractivity contribution is -0.143. The van der Waals surface area contributed by atoms with E-state index in [1.165, 1.54) is 0 Å². The Morgan fingerprint density at radius 3 is 2.63 bits per heavy atom. The smallest absolute Gasteiger partial charge is 0.329 e. The summed E-state index contributed by atoms with van der Waals surface area (Å²) < 4.78 is 5.19. The normalized spacial score (nSPS) is 28.6. The van der Waals surface area contributed by atoms with Crippen LogP contribution < -0.4 is 10.7 Å². The quantitative estimate of drug-likeness (QED) is 0.681. The van der Waals surface area contributed by atoms with Crippen molar-refractivity contribution in [2.45, 2.75) is 31.7 Å². The van der Waals surface area contributed by atoms with Gasteiger partial charge in [-0.15, -0.1) is 0 Å². The molecule has 3 N–H and O–H groups in total. The van der Waals surface area contributed by atoms with E-state index < -0.39 is 5.97 Å². The second-order valence-electron chi connectivity index (χ2n) is 5.08. The van der Waals surface area contributed by atoms with E-state index in [0.717, 1.165) is 12.8 Å². The average molecular weight is 271 g/mol. The number of carboxylic acid groups (broad SMARTS) is 1. The molecule has 0 radical (unpaired) electrons. The van der Waals surface area contributed by atoms with E-state index in [0.29, 0.717) is 39.1 Å². The first kappa shape index (κ1) is 14.1.